The van der Waals surface area contributed by atoms with Crippen molar-refractivity contribution in [2.45, 2.75) is 38.6 Å². The van der Waals surface area contributed by atoms with Gasteiger partial charge in [-0.15, -0.1) is 0 Å². The summed E-state index contributed by atoms with van der Waals surface area (Å²) in [6.45, 7) is 1.97. The molecule has 6 heteroatoms. The van der Waals surface area contributed by atoms with Gasteiger partial charge in [0.2, 0.25) is 0 Å². The van der Waals surface area contributed by atoms with Crippen LogP contribution >= 0.6 is 0 Å². The lowest BCUT2D eigenvalue weighted by Gasteiger charge is -2.19. The Labute approximate surface area is 159 Å². The Morgan fingerprint density at radius 1 is 1.15 bits per heavy atom. The normalized spacial score (nSPS) is 22.0. The van der Waals surface area contributed by atoms with Gasteiger partial charge in [0.05, 0.1) is 26.9 Å². The summed E-state index contributed by atoms with van der Waals surface area (Å²) in [6, 6.07) is 5.53. The molecule has 0 bridgehead atoms. The molecule has 3 rings (SSSR count). The maximum Gasteiger partial charge on any atom is 0.341 e. The number of hydrogen-bond donors (Lipinski definition) is 0. The summed E-state index contributed by atoms with van der Waals surface area (Å²) in [5, 5.41) is 0. The van der Waals surface area contributed by atoms with Crippen molar-refractivity contribution >= 4 is 17.5 Å². The van der Waals surface area contributed by atoms with Crippen molar-refractivity contribution in [3.63, 3.8) is 0 Å². The molecular formula is C21H25NO5. The van der Waals surface area contributed by atoms with Crippen molar-refractivity contribution in [3.05, 3.63) is 35.4 Å². The minimum Gasteiger partial charge on any atom is -0.493 e. The van der Waals surface area contributed by atoms with Crippen molar-refractivity contribution in [1.82, 2.24) is 0 Å². The largest absolute Gasteiger partial charge is 0.493 e. The molecule has 27 heavy (non-hydrogen) atoms. The molecule has 1 atom stereocenters. The Hall–Kier alpha value is -2.63. The summed E-state index contributed by atoms with van der Waals surface area (Å²) in [7, 11) is 3.19. The highest BCUT2D eigenvalue weighted by molar-refractivity contribution is 6.21. The Bertz CT molecular complexity index is 792. The van der Waals surface area contributed by atoms with E-state index in [2.05, 4.69) is 0 Å². The standard InChI is InChI=1S/C21H25NO5/c1-4-27-21(24)15-12-17(13-5-6-13)22-16(8-9-18(15)23)14-7-10-19(25-2)20(11-14)26-3/h7,10-13,16H,4-6,8-9H2,1-3H3/b15-12+,22-17?. The van der Waals surface area contributed by atoms with Crippen molar-refractivity contribution < 1.29 is 23.8 Å². The van der Waals surface area contributed by atoms with E-state index < -0.39 is 5.97 Å². The number of Topliss-reactive ketones (excluding diaryl/α,β-unsaturated/α-hetero) is 1. The van der Waals surface area contributed by atoms with Crippen molar-refractivity contribution in [1.29, 1.82) is 0 Å². The van der Waals surface area contributed by atoms with Crippen LogP contribution in [0.5, 0.6) is 11.5 Å². The summed E-state index contributed by atoms with van der Waals surface area (Å²) >= 11 is 0. The van der Waals surface area contributed by atoms with Crippen LogP contribution in [0, 0.1) is 5.92 Å². The molecule has 1 aliphatic heterocycles. The Morgan fingerprint density at radius 2 is 1.89 bits per heavy atom. The topological polar surface area (TPSA) is 74.2 Å². The van der Waals surface area contributed by atoms with Crippen molar-refractivity contribution in [2.24, 2.45) is 10.9 Å². The molecule has 0 amide bonds. The van der Waals surface area contributed by atoms with Crippen LogP contribution in [-0.2, 0) is 14.3 Å². The average molecular weight is 371 g/mol. The molecule has 0 spiro atoms. The molecule has 0 N–H and O–H groups in total. The van der Waals surface area contributed by atoms with E-state index in [0.29, 0.717) is 23.8 Å². The zero-order valence-corrected chi connectivity index (χ0v) is 16.0. The first-order chi connectivity index (χ1) is 13.1. The number of carbonyl (C=O) groups excluding carboxylic acids is 2. The number of methoxy groups -OCH3 is 2. The number of benzene rings is 1. The second-order valence-corrected chi connectivity index (χ2v) is 6.70. The first-order valence-electron chi connectivity index (χ1n) is 9.29. The van der Waals surface area contributed by atoms with Crippen LogP contribution < -0.4 is 9.47 Å². The van der Waals surface area contributed by atoms with E-state index in [1.54, 1.807) is 27.2 Å². The van der Waals surface area contributed by atoms with Gasteiger partial charge < -0.3 is 14.2 Å². The van der Waals surface area contributed by atoms with Gasteiger partial charge in [-0.05, 0) is 50.0 Å². The maximum atomic E-state index is 12.6. The maximum absolute atomic E-state index is 12.6. The second kappa shape index (κ2) is 8.37. The number of esters is 1. The second-order valence-electron chi connectivity index (χ2n) is 6.70. The summed E-state index contributed by atoms with van der Waals surface area (Å²) < 4.78 is 15.7. The molecule has 0 radical (unpaired) electrons. The van der Waals surface area contributed by atoms with E-state index in [1.165, 1.54) is 0 Å². The quantitative estimate of drug-likeness (QED) is 0.566. The van der Waals surface area contributed by atoms with Crippen molar-refractivity contribution in [2.75, 3.05) is 20.8 Å². The third kappa shape index (κ3) is 4.38. The van der Waals surface area contributed by atoms with Gasteiger partial charge >= 0.3 is 5.97 Å². The summed E-state index contributed by atoms with van der Waals surface area (Å²) in [5.41, 5.74) is 1.89. The number of nitrogens with zero attached hydrogens (tertiary/aromatic N) is 1. The van der Waals surface area contributed by atoms with E-state index in [-0.39, 0.29) is 30.4 Å². The van der Waals surface area contributed by atoms with Crippen LogP contribution in [-0.4, -0.2) is 38.3 Å². The number of carbonyl (C=O) groups is 2. The highest BCUT2D eigenvalue weighted by Gasteiger charge is 2.32. The van der Waals surface area contributed by atoms with Gasteiger partial charge in [-0.2, -0.15) is 0 Å². The first kappa shape index (κ1) is 19.1. The molecule has 1 saturated carbocycles. The fourth-order valence-electron chi connectivity index (χ4n) is 3.20. The summed E-state index contributed by atoms with van der Waals surface area (Å²) in [5.74, 6) is 0.851. The zero-order chi connectivity index (χ0) is 19.4. The zero-order valence-electron chi connectivity index (χ0n) is 16.0. The number of rotatable bonds is 6. The monoisotopic (exact) mass is 371 g/mol. The molecule has 0 saturated heterocycles. The van der Waals surface area contributed by atoms with Crippen LogP contribution in [0.15, 0.2) is 34.8 Å². The molecule has 2 aliphatic rings. The van der Waals surface area contributed by atoms with Crippen LogP contribution in [0.3, 0.4) is 0 Å². The lowest BCUT2D eigenvalue weighted by Crippen LogP contribution is -2.20. The number of ketones is 1. The number of hydrogen-bond acceptors (Lipinski definition) is 6. The lowest BCUT2D eigenvalue weighted by molar-refractivity contribution is -0.140. The van der Waals surface area contributed by atoms with E-state index in [1.807, 2.05) is 18.2 Å². The molecule has 1 aliphatic carbocycles. The average Bonchev–Trinajstić information content (AvgIpc) is 3.50. The van der Waals surface area contributed by atoms with Crippen molar-refractivity contribution in [3.8, 4) is 11.5 Å². The predicted molar refractivity (Wildman–Crippen MR) is 101 cm³/mol. The smallest absolute Gasteiger partial charge is 0.341 e. The van der Waals surface area contributed by atoms with Gasteiger partial charge in [-0.3, -0.25) is 9.79 Å². The molecule has 144 valence electrons. The number of aliphatic imine (C=N–C) groups is 1. The fraction of sp³-hybridized carbons (Fsp3) is 0.476. The van der Waals surface area contributed by atoms with E-state index >= 15 is 0 Å². The minimum absolute atomic E-state index is 0.119. The fourth-order valence-corrected chi connectivity index (χ4v) is 3.20. The molecule has 1 fully saturated rings. The molecular weight excluding hydrogens is 346 g/mol. The van der Waals surface area contributed by atoms with Gasteiger partial charge in [0.1, 0.15) is 5.57 Å². The first-order valence-corrected chi connectivity index (χ1v) is 9.29. The highest BCUT2D eigenvalue weighted by atomic mass is 16.5. The highest BCUT2D eigenvalue weighted by Crippen LogP contribution is 2.37. The number of ether oxygens (including phenoxy) is 3. The third-order valence-corrected chi connectivity index (χ3v) is 4.83. The van der Waals surface area contributed by atoms with E-state index in [9.17, 15) is 9.59 Å². The Balaban J connectivity index is 1.97. The summed E-state index contributed by atoms with van der Waals surface area (Å²) in [4.78, 5) is 29.7. The Morgan fingerprint density at radius 3 is 2.52 bits per heavy atom. The van der Waals surface area contributed by atoms with Gasteiger partial charge in [-0.1, -0.05) is 6.07 Å². The van der Waals surface area contributed by atoms with E-state index in [4.69, 9.17) is 19.2 Å². The van der Waals surface area contributed by atoms with Gasteiger partial charge in [-0.25, -0.2) is 4.79 Å². The molecule has 1 heterocycles. The predicted octanol–water partition coefficient (Wildman–Crippen LogP) is 3.45. The lowest BCUT2D eigenvalue weighted by atomic mass is 9.95. The Kier molecular flexibility index (Phi) is 5.94. The van der Waals surface area contributed by atoms with E-state index in [0.717, 1.165) is 24.1 Å². The molecule has 1 unspecified atom stereocenters. The van der Waals surface area contributed by atoms with Gasteiger partial charge in [0.15, 0.2) is 17.3 Å². The van der Waals surface area contributed by atoms with Gasteiger partial charge in [0, 0.05) is 18.1 Å². The molecule has 1 aromatic carbocycles. The van der Waals surface area contributed by atoms with Crippen LogP contribution in [0.1, 0.15) is 44.2 Å². The van der Waals surface area contributed by atoms with Gasteiger partial charge in [0.25, 0.3) is 0 Å². The SMILES string of the molecule is CCOC(=O)/C1=C/C(C2CC2)=NC(c2ccc(OC)c(OC)c2)CCC1=O. The number of allylic oxidation sites excluding steroid dienone is 1. The third-order valence-electron chi connectivity index (χ3n) is 4.83. The summed E-state index contributed by atoms with van der Waals surface area (Å²) in [6.07, 6.45) is 4.47. The molecule has 1 aromatic rings. The van der Waals surface area contributed by atoms with Crippen LogP contribution in [0.25, 0.3) is 0 Å². The van der Waals surface area contributed by atoms with Crippen LogP contribution in [0.4, 0.5) is 0 Å². The minimum atomic E-state index is -0.555. The van der Waals surface area contributed by atoms with Crippen LogP contribution in [0.2, 0.25) is 0 Å². The molecule has 0 aromatic heterocycles. The molecule has 6 nitrogen and oxygen atoms in total.